The summed E-state index contributed by atoms with van der Waals surface area (Å²) in [7, 11) is 0. The third-order valence-electron chi connectivity index (χ3n) is 14.0. The molecule has 0 heteroatoms. The Morgan fingerprint density at radius 3 is 1.25 bits per heavy atom. The largest absolute Gasteiger partial charge is 0.0725 e. The highest BCUT2D eigenvalue weighted by molar-refractivity contribution is 6.28. The van der Waals surface area contributed by atoms with E-state index in [9.17, 15) is 0 Å². The van der Waals surface area contributed by atoms with Crippen LogP contribution in [0.4, 0.5) is 0 Å². The third kappa shape index (κ3) is 3.98. The minimum absolute atomic E-state index is 0.367. The van der Waals surface area contributed by atoms with Crippen LogP contribution < -0.4 is 0 Å². The van der Waals surface area contributed by atoms with Crippen molar-refractivity contribution in [1.29, 1.82) is 0 Å². The summed E-state index contributed by atoms with van der Waals surface area (Å²) in [5.41, 5.74) is 15.5. The molecule has 0 radical (unpaired) electrons. The Morgan fingerprint density at radius 2 is 0.627 bits per heavy atom. The van der Waals surface area contributed by atoms with Crippen molar-refractivity contribution in [2.24, 2.45) is 0 Å². The van der Waals surface area contributed by atoms with Crippen LogP contribution in [0.5, 0.6) is 0 Å². The second-order valence-electron chi connectivity index (χ2n) is 16.7. The topological polar surface area (TPSA) is 0 Å². The van der Waals surface area contributed by atoms with Crippen molar-refractivity contribution in [3.63, 3.8) is 0 Å². The molecule has 0 bridgehead atoms. The number of rotatable bonds is 2. The van der Waals surface area contributed by atoms with Crippen LogP contribution in [0, 0.1) is 0 Å². The van der Waals surface area contributed by atoms with Crippen molar-refractivity contribution in [3.8, 4) is 44.5 Å². The lowest BCUT2D eigenvalue weighted by Crippen LogP contribution is -2.25. The molecule has 0 aromatic heterocycles. The summed E-state index contributed by atoms with van der Waals surface area (Å²) in [5, 5.41) is 15.6. The summed E-state index contributed by atoms with van der Waals surface area (Å²) in [4.78, 5) is 0. The molecule has 1 spiro atoms. The second kappa shape index (κ2) is 11.3. The monoisotopic (exact) mass is 742 g/mol. The Bertz CT molecular complexity index is 3720. The molecule has 0 atom stereocenters. The molecule has 14 rings (SSSR count). The Labute approximate surface area is 341 Å². The molecule has 0 unspecified atom stereocenters. The molecule has 270 valence electrons. The molecular weight excluding hydrogens is 709 g/mol. The van der Waals surface area contributed by atoms with Gasteiger partial charge in [-0.2, -0.15) is 0 Å². The molecule has 0 N–H and O–H groups in total. The maximum atomic E-state index is 2.52. The molecule has 12 aromatic rings. The van der Waals surface area contributed by atoms with Gasteiger partial charge < -0.3 is 0 Å². The van der Waals surface area contributed by atoms with Crippen molar-refractivity contribution in [1.82, 2.24) is 0 Å². The van der Waals surface area contributed by atoms with E-state index in [2.05, 4.69) is 206 Å². The second-order valence-corrected chi connectivity index (χ2v) is 16.7. The zero-order valence-electron chi connectivity index (χ0n) is 32.1. The first-order chi connectivity index (χ1) is 29.3. The molecule has 59 heavy (non-hydrogen) atoms. The Morgan fingerprint density at radius 1 is 0.220 bits per heavy atom. The molecule has 0 saturated heterocycles. The standard InChI is InChI=1S/C59H34/c1-2-10-41-35(9-1)17-28-46-42-27-22-39(33-38(42)23-29-45(41)46)43-25-18-36-21-32-52-44(26-19-37-20-31-51(43)57(36)58(37)52)40-24-30-50-49-13-5-8-16-55(49)59(56(50)34-40)53-14-6-3-11-47(53)48-12-4-7-15-54(48)59/h1-34H. The minimum atomic E-state index is -0.367. The van der Waals surface area contributed by atoms with Gasteiger partial charge in [-0.05, 0) is 144 Å². The lowest BCUT2D eigenvalue weighted by Gasteiger charge is -2.30. The summed E-state index contributed by atoms with van der Waals surface area (Å²) < 4.78 is 0. The van der Waals surface area contributed by atoms with Crippen molar-refractivity contribution in [2.75, 3.05) is 0 Å². The van der Waals surface area contributed by atoms with Gasteiger partial charge in [0.1, 0.15) is 0 Å². The van der Waals surface area contributed by atoms with Crippen LogP contribution >= 0.6 is 0 Å². The van der Waals surface area contributed by atoms with Crippen molar-refractivity contribution < 1.29 is 0 Å². The smallest absolute Gasteiger partial charge is 0.0619 e. The summed E-state index contributed by atoms with van der Waals surface area (Å²) >= 11 is 0. The average molecular weight is 743 g/mol. The predicted octanol–water partition coefficient (Wildman–Crippen LogP) is 15.7. The molecule has 0 aliphatic heterocycles. The Balaban J connectivity index is 0.967. The van der Waals surface area contributed by atoms with E-state index in [1.807, 2.05) is 0 Å². The van der Waals surface area contributed by atoms with E-state index >= 15 is 0 Å². The van der Waals surface area contributed by atoms with Crippen LogP contribution in [0.3, 0.4) is 0 Å². The molecule has 2 aliphatic rings. The number of benzene rings is 12. The van der Waals surface area contributed by atoms with E-state index in [1.54, 1.807) is 0 Å². The highest BCUT2D eigenvalue weighted by atomic mass is 14.5. The fourth-order valence-electron chi connectivity index (χ4n) is 11.6. The van der Waals surface area contributed by atoms with E-state index in [-0.39, 0.29) is 5.41 Å². The first kappa shape index (κ1) is 31.5. The van der Waals surface area contributed by atoms with Gasteiger partial charge in [-0.15, -0.1) is 0 Å². The fourth-order valence-corrected chi connectivity index (χ4v) is 11.6. The van der Waals surface area contributed by atoms with Crippen LogP contribution in [-0.2, 0) is 5.41 Å². The Kier molecular flexibility index (Phi) is 6.05. The number of hydrogen-bond acceptors (Lipinski definition) is 0. The van der Waals surface area contributed by atoms with E-state index in [0.29, 0.717) is 0 Å². The lowest BCUT2D eigenvalue weighted by molar-refractivity contribution is 0.794. The summed E-state index contributed by atoms with van der Waals surface area (Å²) in [6.45, 7) is 0. The highest BCUT2D eigenvalue weighted by Crippen LogP contribution is 2.63. The molecule has 0 nitrogen and oxygen atoms in total. The highest BCUT2D eigenvalue weighted by Gasteiger charge is 2.51. The number of hydrogen-bond donors (Lipinski definition) is 0. The van der Waals surface area contributed by atoms with Gasteiger partial charge in [-0.3, -0.25) is 0 Å². The van der Waals surface area contributed by atoms with E-state index in [0.717, 1.165) is 0 Å². The van der Waals surface area contributed by atoms with E-state index in [4.69, 9.17) is 0 Å². The quantitative estimate of drug-likeness (QED) is 0.155. The molecule has 0 heterocycles. The van der Waals surface area contributed by atoms with Gasteiger partial charge in [-0.25, -0.2) is 0 Å². The summed E-state index contributed by atoms with van der Waals surface area (Å²) in [5.74, 6) is 0. The normalized spacial score (nSPS) is 13.6. The van der Waals surface area contributed by atoms with Crippen LogP contribution in [0.2, 0.25) is 0 Å². The lowest BCUT2D eigenvalue weighted by atomic mass is 9.70. The molecule has 0 fully saturated rings. The maximum absolute atomic E-state index is 2.52. The molecule has 0 amide bonds. The van der Waals surface area contributed by atoms with Crippen molar-refractivity contribution >= 4 is 64.6 Å². The average Bonchev–Trinajstić information content (AvgIpc) is 3.77. The van der Waals surface area contributed by atoms with Gasteiger partial charge in [-0.1, -0.05) is 194 Å². The summed E-state index contributed by atoms with van der Waals surface area (Å²) in [6.07, 6.45) is 0. The molecule has 12 aromatic carbocycles. The molecular formula is C59H34. The summed E-state index contributed by atoms with van der Waals surface area (Å²) in [6, 6.07) is 78.1. The third-order valence-corrected chi connectivity index (χ3v) is 14.0. The van der Waals surface area contributed by atoms with E-state index in [1.165, 1.54) is 131 Å². The van der Waals surface area contributed by atoms with Gasteiger partial charge in [0, 0.05) is 0 Å². The van der Waals surface area contributed by atoms with Gasteiger partial charge in [0.15, 0.2) is 0 Å². The fraction of sp³-hybridized carbons (Fsp3) is 0.0169. The van der Waals surface area contributed by atoms with Gasteiger partial charge in [0.05, 0.1) is 5.41 Å². The van der Waals surface area contributed by atoms with Gasteiger partial charge in [0.2, 0.25) is 0 Å². The zero-order valence-corrected chi connectivity index (χ0v) is 32.1. The minimum Gasteiger partial charge on any atom is -0.0619 e. The van der Waals surface area contributed by atoms with Gasteiger partial charge in [0.25, 0.3) is 0 Å². The van der Waals surface area contributed by atoms with Crippen LogP contribution in [0.15, 0.2) is 206 Å². The predicted molar refractivity (Wildman–Crippen MR) is 250 cm³/mol. The first-order valence-electron chi connectivity index (χ1n) is 20.7. The SMILES string of the molecule is c1ccc2c(c1)-c1ccccc1C21c2ccccc2-c2ccc(-c3ccc4ccc5c(-c6ccc7c(ccc8c9ccccc9ccc78)c6)ccc6ccc3c4c65)cc21. The maximum Gasteiger partial charge on any atom is 0.0725 e. The molecule has 0 saturated carbocycles. The Hall–Kier alpha value is -7.54. The van der Waals surface area contributed by atoms with E-state index < -0.39 is 0 Å². The van der Waals surface area contributed by atoms with Crippen LogP contribution in [0.25, 0.3) is 109 Å². The van der Waals surface area contributed by atoms with Crippen molar-refractivity contribution in [2.45, 2.75) is 5.41 Å². The van der Waals surface area contributed by atoms with Crippen LogP contribution in [-0.4, -0.2) is 0 Å². The van der Waals surface area contributed by atoms with Crippen molar-refractivity contribution in [3.05, 3.63) is 229 Å². The first-order valence-corrected chi connectivity index (χ1v) is 20.7. The van der Waals surface area contributed by atoms with Crippen LogP contribution in [0.1, 0.15) is 22.3 Å². The number of fused-ring (bicyclic) bond motifs is 15. The van der Waals surface area contributed by atoms with Gasteiger partial charge >= 0.3 is 0 Å². The zero-order chi connectivity index (χ0) is 38.4. The molecule has 2 aliphatic carbocycles.